The van der Waals surface area contributed by atoms with Crippen molar-refractivity contribution in [2.75, 3.05) is 33.9 Å². The van der Waals surface area contributed by atoms with Crippen molar-refractivity contribution in [3.8, 4) is 5.75 Å². The lowest BCUT2D eigenvalue weighted by molar-refractivity contribution is -0.123. The van der Waals surface area contributed by atoms with E-state index in [9.17, 15) is 4.79 Å². The number of carbonyl (C=O) groups excluding carboxylic acids is 1. The first-order valence-corrected chi connectivity index (χ1v) is 11.1. The van der Waals surface area contributed by atoms with Gasteiger partial charge in [0.25, 0.3) is 0 Å². The van der Waals surface area contributed by atoms with Crippen LogP contribution in [0.15, 0.2) is 36.5 Å². The standard InChI is InChI=1S/C25H35N3O3/c1-18-19(2)23(31-4)11-10-20(18)16-28-14-7-8-21(17-28)25(22-9-5-6-13-26-22)27-24(29)12-15-30-3/h5-6,9-11,13,21,25H,7-8,12,14-17H2,1-4H3,(H,27,29)/t21-,25+/m0/s1. The summed E-state index contributed by atoms with van der Waals surface area (Å²) in [6.45, 7) is 7.60. The number of piperidine rings is 1. The lowest BCUT2D eigenvalue weighted by Crippen LogP contribution is -2.43. The van der Waals surface area contributed by atoms with E-state index in [1.54, 1.807) is 20.4 Å². The second kappa shape index (κ2) is 11.3. The monoisotopic (exact) mass is 425 g/mol. The first-order valence-electron chi connectivity index (χ1n) is 11.1. The maximum absolute atomic E-state index is 12.5. The van der Waals surface area contributed by atoms with Gasteiger partial charge in [0.2, 0.25) is 5.91 Å². The van der Waals surface area contributed by atoms with Crippen LogP contribution in [0.4, 0.5) is 0 Å². The van der Waals surface area contributed by atoms with Gasteiger partial charge in [-0.1, -0.05) is 12.1 Å². The van der Waals surface area contributed by atoms with Crippen LogP contribution in [0.25, 0.3) is 0 Å². The predicted octanol–water partition coefficient (Wildman–Crippen LogP) is 3.81. The fraction of sp³-hybridized carbons (Fsp3) is 0.520. The van der Waals surface area contributed by atoms with Gasteiger partial charge in [-0.05, 0) is 74.0 Å². The topological polar surface area (TPSA) is 63.7 Å². The Kier molecular flexibility index (Phi) is 8.43. The number of aromatic nitrogens is 1. The summed E-state index contributed by atoms with van der Waals surface area (Å²) in [6, 6.07) is 10.1. The molecule has 1 aromatic heterocycles. The average Bonchev–Trinajstić information content (AvgIpc) is 2.80. The molecular weight excluding hydrogens is 390 g/mol. The number of methoxy groups -OCH3 is 2. The van der Waals surface area contributed by atoms with Crippen LogP contribution in [0.5, 0.6) is 5.75 Å². The number of ether oxygens (including phenoxy) is 2. The average molecular weight is 426 g/mol. The molecule has 0 unspecified atom stereocenters. The summed E-state index contributed by atoms with van der Waals surface area (Å²) >= 11 is 0. The number of benzene rings is 1. The Bertz CT molecular complexity index is 857. The van der Waals surface area contributed by atoms with Crippen LogP contribution >= 0.6 is 0 Å². The van der Waals surface area contributed by atoms with E-state index in [1.807, 2.05) is 18.2 Å². The number of rotatable bonds is 9. The van der Waals surface area contributed by atoms with Crippen molar-refractivity contribution in [1.29, 1.82) is 0 Å². The van der Waals surface area contributed by atoms with E-state index in [0.29, 0.717) is 18.9 Å². The number of nitrogens with one attached hydrogen (secondary N) is 1. The molecule has 1 aromatic carbocycles. The molecule has 1 aliphatic rings. The van der Waals surface area contributed by atoms with Crippen LogP contribution < -0.4 is 10.1 Å². The third kappa shape index (κ3) is 6.05. The van der Waals surface area contributed by atoms with Gasteiger partial charge in [-0.3, -0.25) is 14.7 Å². The summed E-state index contributed by atoms with van der Waals surface area (Å²) in [5, 5.41) is 3.23. The van der Waals surface area contributed by atoms with Crippen molar-refractivity contribution in [2.24, 2.45) is 5.92 Å². The third-order valence-corrected chi connectivity index (χ3v) is 6.33. The van der Waals surface area contributed by atoms with E-state index in [2.05, 4.69) is 41.2 Å². The Morgan fingerprint density at radius 1 is 1.23 bits per heavy atom. The first-order chi connectivity index (χ1) is 15.0. The smallest absolute Gasteiger partial charge is 0.222 e. The number of hydrogen-bond acceptors (Lipinski definition) is 5. The van der Waals surface area contributed by atoms with Gasteiger partial charge >= 0.3 is 0 Å². The molecule has 2 heterocycles. The molecule has 1 fully saturated rings. The third-order valence-electron chi connectivity index (χ3n) is 6.33. The summed E-state index contributed by atoms with van der Waals surface area (Å²) < 4.78 is 10.5. The fourth-order valence-corrected chi connectivity index (χ4v) is 4.43. The molecule has 1 saturated heterocycles. The molecule has 0 aliphatic carbocycles. The lowest BCUT2D eigenvalue weighted by Gasteiger charge is -2.37. The van der Waals surface area contributed by atoms with Crippen molar-refractivity contribution in [2.45, 2.75) is 45.7 Å². The summed E-state index contributed by atoms with van der Waals surface area (Å²) in [7, 11) is 3.33. The summed E-state index contributed by atoms with van der Waals surface area (Å²) in [4.78, 5) is 19.6. The van der Waals surface area contributed by atoms with Crippen LogP contribution in [0.1, 0.15) is 47.7 Å². The molecule has 31 heavy (non-hydrogen) atoms. The Hall–Kier alpha value is -2.44. The molecule has 2 atom stereocenters. The van der Waals surface area contributed by atoms with Crippen LogP contribution in [0.3, 0.4) is 0 Å². The van der Waals surface area contributed by atoms with E-state index in [4.69, 9.17) is 9.47 Å². The minimum atomic E-state index is -0.0907. The summed E-state index contributed by atoms with van der Waals surface area (Å²) in [5.74, 6) is 1.26. The Labute approximate surface area is 186 Å². The molecule has 0 radical (unpaired) electrons. The molecule has 0 saturated carbocycles. The number of likely N-dealkylation sites (tertiary alicyclic amines) is 1. The summed E-state index contributed by atoms with van der Waals surface area (Å²) in [6.07, 6.45) is 4.34. The van der Waals surface area contributed by atoms with Gasteiger partial charge in [0.05, 0.1) is 25.5 Å². The number of carbonyl (C=O) groups is 1. The number of nitrogens with zero attached hydrogens (tertiary/aromatic N) is 2. The zero-order chi connectivity index (χ0) is 22.2. The minimum Gasteiger partial charge on any atom is -0.496 e. The second-order valence-corrected chi connectivity index (χ2v) is 8.36. The van der Waals surface area contributed by atoms with Gasteiger partial charge in [0.15, 0.2) is 0 Å². The highest BCUT2D eigenvalue weighted by Gasteiger charge is 2.30. The Balaban J connectivity index is 1.74. The van der Waals surface area contributed by atoms with Gasteiger partial charge in [0.1, 0.15) is 5.75 Å². The molecule has 6 nitrogen and oxygen atoms in total. The van der Waals surface area contributed by atoms with Crippen LogP contribution in [0.2, 0.25) is 0 Å². The van der Waals surface area contributed by atoms with E-state index >= 15 is 0 Å². The van der Waals surface area contributed by atoms with Gasteiger partial charge in [-0.25, -0.2) is 0 Å². The maximum Gasteiger partial charge on any atom is 0.222 e. The fourth-order valence-electron chi connectivity index (χ4n) is 4.43. The molecular formula is C25H35N3O3. The van der Waals surface area contributed by atoms with Crippen molar-refractivity contribution in [3.63, 3.8) is 0 Å². The van der Waals surface area contributed by atoms with Crippen LogP contribution in [0, 0.1) is 19.8 Å². The zero-order valence-corrected chi connectivity index (χ0v) is 19.2. The van der Waals surface area contributed by atoms with Gasteiger partial charge in [0, 0.05) is 32.8 Å². The highest BCUT2D eigenvalue weighted by molar-refractivity contribution is 5.76. The maximum atomic E-state index is 12.5. The van der Waals surface area contributed by atoms with E-state index in [0.717, 1.165) is 43.9 Å². The minimum absolute atomic E-state index is 0.0104. The van der Waals surface area contributed by atoms with Crippen molar-refractivity contribution >= 4 is 5.91 Å². The van der Waals surface area contributed by atoms with Gasteiger partial charge in [-0.2, -0.15) is 0 Å². The SMILES string of the molecule is COCCC(=O)N[C@@H](c1ccccn1)[C@H]1CCCN(Cc2ccc(OC)c(C)c2C)C1. The van der Waals surface area contributed by atoms with E-state index < -0.39 is 0 Å². The molecule has 1 amide bonds. The van der Waals surface area contributed by atoms with Gasteiger partial charge < -0.3 is 14.8 Å². The molecule has 6 heteroatoms. The lowest BCUT2D eigenvalue weighted by atomic mass is 9.88. The largest absolute Gasteiger partial charge is 0.496 e. The first kappa shape index (κ1) is 23.2. The molecule has 1 N–H and O–H groups in total. The molecule has 168 valence electrons. The number of hydrogen-bond donors (Lipinski definition) is 1. The molecule has 0 spiro atoms. The van der Waals surface area contributed by atoms with E-state index in [-0.39, 0.29) is 11.9 Å². The molecule has 1 aliphatic heterocycles. The normalized spacial score (nSPS) is 17.9. The Morgan fingerprint density at radius 3 is 2.77 bits per heavy atom. The second-order valence-electron chi connectivity index (χ2n) is 8.36. The molecule has 3 rings (SSSR count). The van der Waals surface area contributed by atoms with Crippen LogP contribution in [-0.2, 0) is 16.1 Å². The predicted molar refractivity (Wildman–Crippen MR) is 122 cm³/mol. The zero-order valence-electron chi connectivity index (χ0n) is 19.2. The van der Waals surface area contributed by atoms with Crippen molar-refractivity contribution in [1.82, 2.24) is 15.2 Å². The highest BCUT2D eigenvalue weighted by Crippen LogP contribution is 2.31. The molecule has 0 bridgehead atoms. The Morgan fingerprint density at radius 2 is 2.06 bits per heavy atom. The van der Waals surface area contributed by atoms with E-state index in [1.165, 1.54) is 16.7 Å². The summed E-state index contributed by atoms with van der Waals surface area (Å²) in [5.41, 5.74) is 4.75. The van der Waals surface area contributed by atoms with Crippen LogP contribution in [-0.4, -0.2) is 49.7 Å². The molecule has 2 aromatic rings. The quantitative estimate of drug-likeness (QED) is 0.662. The highest BCUT2D eigenvalue weighted by atomic mass is 16.5. The van der Waals surface area contributed by atoms with Crippen molar-refractivity contribution < 1.29 is 14.3 Å². The number of pyridine rings is 1. The van der Waals surface area contributed by atoms with Gasteiger partial charge in [-0.15, -0.1) is 0 Å². The number of amides is 1. The van der Waals surface area contributed by atoms with Crippen molar-refractivity contribution in [3.05, 3.63) is 58.9 Å².